The van der Waals surface area contributed by atoms with E-state index in [0.717, 1.165) is 35.4 Å². The van der Waals surface area contributed by atoms with Gasteiger partial charge < -0.3 is 9.88 Å². The van der Waals surface area contributed by atoms with E-state index in [2.05, 4.69) is 35.0 Å². The molecule has 0 saturated heterocycles. The fraction of sp³-hybridized carbons (Fsp3) is 0.588. The van der Waals surface area contributed by atoms with Crippen molar-refractivity contribution in [3.63, 3.8) is 0 Å². The van der Waals surface area contributed by atoms with Crippen molar-refractivity contribution in [2.45, 2.75) is 130 Å². The largest absolute Gasteiger partial charge is 0.345 e. The number of amides is 1. The Morgan fingerprint density at radius 2 is 1.24 bits per heavy atom. The molecule has 3 aromatic rings. The summed E-state index contributed by atoms with van der Waals surface area (Å²) < 4.78 is 2.30. The molecule has 0 spiro atoms. The van der Waals surface area contributed by atoms with E-state index in [0.29, 0.717) is 12.1 Å². The number of fused-ring (bicyclic) bond motifs is 1. The first-order valence-corrected chi connectivity index (χ1v) is 15.5. The molecule has 0 fully saturated rings. The van der Waals surface area contributed by atoms with E-state index in [-0.39, 0.29) is 5.91 Å². The topological polar surface area (TPSA) is 46.9 Å². The predicted molar refractivity (Wildman–Crippen MR) is 162 cm³/mol. The molecule has 4 heteroatoms. The number of carbonyl (C=O) groups excluding carboxylic acids is 1. The Balaban J connectivity index is 1.30. The van der Waals surface area contributed by atoms with E-state index in [1.807, 2.05) is 37.3 Å². The molecule has 208 valence electrons. The van der Waals surface area contributed by atoms with E-state index in [1.165, 1.54) is 96.3 Å². The van der Waals surface area contributed by atoms with Crippen molar-refractivity contribution in [3.8, 4) is 0 Å². The van der Waals surface area contributed by atoms with Gasteiger partial charge in [-0.05, 0) is 37.6 Å². The summed E-state index contributed by atoms with van der Waals surface area (Å²) in [5, 5.41) is 3.07. The van der Waals surface area contributed by atoms with E-state index < -0.39 is 0 Å². The molecule has 1 N–H and O–H groups in total. The maximum Gasteiger partial charge on any atom is 0.251 e. The van der Waals surface area contributed by atoms with Crippen LogP contribution in [-0.4, -0.2) is 15.5 Å². The third-order valence-electron chi connectivity index (χ3n) is 7.69. The van der Waals surface area contributed by atoms with Crippen LogP contribution in [0.3, 0.4) is 0 Å². The Morgan fingerprint density at radius 1 is 0.711 bits per heavy atom. The molecule has 1 amide bonds. The van der Waals surface area contributed by atoms with E-state index >= 15 is 0 Å². The Morgan fingerprint density at radius 3 is 1.82 bits per heavy atom. The first-order valence-electron chi connectivity index (χ1n) is 15.5. The van der Waals surface area contributed by atoms with Crippen molar-refractivity contribution in [1.29, 1.82) is 0 Å². The highest BCUT2D eigenvalue weighted by Crippen LogP contribution is 2.19. The van der Waals surface area contributed by atoms with Crippen LogP contribution in [0.25, 0.3) is 11.0 Å². The molecule has 3 rings (SSSR count). The standard InChI is InChI=1S/C34H51N3O/c1-3-4-5-6-7-8-9-10-11-12-13-14-15-16-17-20-27-37-32-22-19-18-21-31(32)36-33(37)28-35-34(38)30-25-23-29(2)24-26-30/h18-19,21-26H,3-17,20,27-28H2,1-2H3,(H,35,38). The van der Waals surface area contributed by atoms with Gasteiger partial charge in [0.15, 0.2) is 0 Å². The van der Waals surface area contributed by atoms with Crippen molar-refractivity contribution in [3.05, 3.63) is 65.5 Å². The van der Waals surface area contributed by atoms with Crippen LogP contribution in [0.1, 0.15) is 131 Å². The van der Waals surface area contributed by atoms with Gasteiger partial charge in [-0.1, -0.05) is 133 Å². The lowest BCUT2D eigenvalue weighted by Crippen LogP contribution is -2.24. The second kappa shape index (κ2) is 17.8. The van der Waals surface area contributed by atoms with Gasteiger partial charge >= 0.3 is 0 Å². The molecule has 38 heavy (non-hydrogen) atoms. The summed E-state index contributed by atoms with van der Waals surface area (Å²) in [7, 11) is 0. The molecule has 0 atom stereocenters. The minimum atomic E-state index is -0.0500. The molecule has 0 aliphatic carbocycles. The molecule has 0 aliphatic heterocycles. The summed E-state index contributed by atoms with van der Waals surface area (Å²) in [6.45, 7) is 5.72. The fourth-order valence-electron chi connectivity index (χ4n) is 5.29. The molecule has 0 bridgehead atoms. The summed E-state index contributed by atoms with van der Waals surface area (Å²) in [6.07, 6.45) is 22.1. The number of rotatable bonds is 20. The predicted octanol–water partition coefficient (Wildman–Crippen LogP) is 9.54. The number of imidazole rings is 1. The minimum absolute atomic E-state index is 0.0500. The molecule has 2 aromatic carbocycles. The van der Waals surface area contributed by atoms with Gasteiger partial charge in [0.2, 0.25) is 0 Å². The van der Waals surface area contributed by atoms with Crippen LogP contribution in [-0.2, 0) is 13.1 Å². The number of aryl methyl sites for hydroxylation is 2. The van der Waals surface area contributed by atoms with Gasteiger partial charge in [0.25, 0.3) is 5.91 Å². The lowest BCUT2D eigenvalue weighted by atomic mass is 10.0. The summed E-state index contributed by atoms with van der Waals surface area (Å²) in [5.41, 5.74) is 4.01. The fourth-order valence-corrected chi connectivity index (χ4v) is 5.29. The summed E-state index contributed by atoms with van der Waals surface area (Å²) in [5.74, 6) is 0.888. The second-order valence-corrected chi connectivity index (χ2v) is 11.0. The molecule has 0 unspecified atom stereocenters. The number of nitrogens with zero attached hydrogens (tertiary/aromatic N) is 2. The number of unbranched alkanes of at least 4 members (excludes halogenated alkanes) is 15. The summed E-state index contributed by atoms with van der Waals surface area (Å²) >= 11 is 0. The minimum Gasteiger partial charge on any atom is -0.345 e. The Labute approximate surface area is 231 Å². The molecular weight excluding hydrogens is 466 g/mol. The molecule has 0 radical (unpaired) electrons. The third kappa shape index (κ3) is 10.6. The normalized spacial score (nSPS) is 11.3. The van der Waals surface area contributed by atoms with Crippen molar-refractivity contribution in [2.24, 2.45) is 0 Å². The van der Waals surface area contributed by atoms with Crippen molar-refractivity contribution >= 4 is 16.9 Å². The molecule has 1 heterocycles. The number of hydrogen-bond acceptors (Lipinski definition) is 2. The summed E-state index contributed by atoms with van der Waals surface area (Å²) in [4.78, 5) is 17.5. The van der Waals surface area contributed by atoms with Crippen molar-refractivity contribution in [2.75, 3.05) is 0 Å². The van der Waals surface area contributed by atoms with Crippen LogP contribution < -0.4 is 5.32 Å². The van der Waals surface area contributed by atoms with Crippen LogP contribution >= 0.6 is 0 Å². The maximum absolute atomic E-state index is 12.6. The smallest absolute Gasteiger partial charge is 0.251 e. The first kappa shape index (κ1) is 29.9. The van der Waals surface area contributed by atoms with Crippen LogP contribution in [0.2, 0.25) is 0 Å². The lowest BCUT2D eigenvalue weighted by Gasteiger charge is -2.11. The summed E-state index contributed by atoms with van der Waals surface area (Å²) in [6, 6.07) is 16.0. The Bertz CT molecular complexity index is 1050. The van der Waals surface area contributed by atoms with Gasteiger partial charge in [-0.3, -0.25) is 4.79 Å². The molecular formula is C34H51N3O. The molecule has 0 aliphatic rings. The Kier molecular flexibility index (Phi) is 14.0. The zero-order valence-electron chi connectivity index (χ0n) is 24.1. The molecule has 4 nitrogen and oxygen atoms in total. The van der Waals surface area contributed by atoms with Crippen LogP contribution in [0, 0.1) is 6.92 Å². The quantitative estimate of drug-likeness (QED) is 0.152. The van der Waals surface area contributed by atoms with Gasteiger partial charge in [-0.25, -0.2) is 4.98 Å². The zero-order chi connectivity index (χ0) is 26.8. The number of hydrogen-bond donors (Lipinski definition) is 1. The molecule has 1 aromatic heterocycles. The van der Waals surface area contributed by atoms with Crippen molar-refractivity contribution in [1.82, 2.24) is 14.9 Å². The first-order chi connectivity index (χ1) is 18.7. The number of nitrogens with one attached hydrogen (secondary N) is 1. The van der Waals surface area contributed by atoms with Gasteiger partial charge in [0, 0.05) is 12.1 Å². The van der Waals surface area contributed by atoms with Gasteiger partial charge in [0.05, 0.1) is 17.6 Å². The lowest BCUT2D eigenvalue weighted by molar-refractivity contribution is 0.0949. The average molecular weight is 518 g/mol. The number of carbonyl (C=O) groups is 1. The number of aromatic nitrogens is 2. The van der Waals surface area contributed by atoms with Gasteiger partial charge in [-0.2, -0.15) is 0 Å². The third-order valence-corrected chi connectivity index (χ3v) is 7.69. The number of para-hydroxylation sites is 2. The zero-order valence-corrected chi connectivity index (χ0v) is 24.1. The highest BCUT2D eigenvalue weighted by atomic mass is 16.1. The van der Waals surface area contributed by atoms with E-state index in [9.17, 15) is 4.79 Å². The second-order valence-electron chi connectivity index (χ2n) is 11.0. The maximum atomic E-state index is 12.6. The SMILES string of the molecule is CCCCCCCCCCCCCCCCCCn1c(CNC(=O)c2ccc(C)cc2)nc2ccccc21. The van der Waals surface area contributed by atoms with Crippen LogP contribution in [0.15, 0.2) is 48.5 Å². The van der Waals surface area contributed by atoms with E-state index in [1.54, 1.807) is 0 Å². The van der Waals surface area contributed by atoms with Crippen LogP contribution in [0.4, 0.5) is 0 Å². The Hall–Kier alpha value is -2.62. The molecule has 0 saturated carbocycles. The highest BCUT2D eigenvalue weighted by molar-refractivity contribution is 5.94. The van der Waals surface area contributed by atoms with E-state index in [4.69, 9.17) is 4.98 Å². The number of benzene rings is 2. The van der Waals surface area contributed by atoms with Gasteiger partial charge in [-0.15, -0.1) is 0 Å². The van der Waals surface area contributed by atoms with Crippen LogP contribution in [0.5, 0.6) is 0 Å². The van der Waals surface area contributed by atoms with Crippen molar-refractivity contribution < 1.29 is 4.79 Å². The monoisotopic (exact) mass is 517 g/mol. The highest BCUT2D eigenvalue weighted by Gasteiger charge is 2.12. The van der Waals surface area contributed by atoms with Gasteiger partial charge in [0.1, 0.15) is 5.82 Å². The average Bonchev–Trinajstić information content (AvgIpc) is 3.29.